The van der Waals surface area contributed by atoms with Gasteiger partial charge >= 0.3 is 0 Å². The molecule has 0 saturated heterocycles. The Balaban J connectivity index is 2.44. The molecule has 0 radical (unpaired) electrons. The molecule has 0 spiro atoms. The molecule has 9 nitrogen and oxygen atoms in total. The zero-order valence-electron chi connectivity index (χ0n) is 15.0. The normalized spacial score (nSPS) is 11.5. The van der Waals surface area contributed by atoms with Crippen LogP contribution in [-0.2, 0) is 14.8 Å². The van der Waals surface area contributed by atoms with Crippen LogP contribution in [0.5, 0.6) is 0 Å². The molecule has 0 fully saturated rings. The van der Waals surface area contributed by atoms with Crippen molar-refractivity contribution in [2.45, 2.75) is 11.3 Å². The van der Waals surface area contributed by atoms with E-state index in [1.807, 2.05) is 6.07 Å². The van der Waals surface area contributed by atoms with Crippen molar-refractivity contribution in [3.05, 3.63) is 40.2 Å². The zero-order valence-corrected chi connectivity index (χ0v) is 15.8. The van der Waals surface area contributed by atoms with Crippen LogP contribution in [0.1, 0.15) is 16.8 Å². The Morgan fingerprint density at radius 2 is 2.15 bits per heavy atom. The third-order valence-electron chi connectivity index (χ3n) is 3.94. The molecule has 27 heavy (non-hydrogen) atoms. The molecule has 10 heteroatoms. The van der Waals surface area contributed by atoms with Crippen molar-refractivity contribution in [1.82, 2.24) is 14.6 Å². The van der Waals surface area contributed by atoms with Gasteiger partial charge in [0.15, 0.2) is 0 Å². The molecule has 144 valence electrons. The quantitative estimate of drug-likeness (QED) is 0.627. The summed E-state index contributed by atoms with van der Waals surface area (Å²) in [7, 11) is -1.01. The van der Waals surface area contributed by atoms with E-state index < -0.39 is 21.4 Å². The molecule has 2 rings (SSSR count). The van der Waals surface area contributed by atoms with Gasteiger partial charge in [-0.05, 0) is 18.2 Å². The standard InChI is InChI=1S/C17H20N4O5S/c1-21(8-3-6-18)27(24,25)12-4-5-15-13(10-12)16(22)14(11-20-15)17(23)19-7-9-26-2/h4-5,10-11H,3,7-9H2,1-2H3,(H,19,23)(H,20,22). The number of hydrogen-bond acceptors (Lipinski definition) is 6. The van der Waals surface area contributed by atoms with Gasteiger partial charge in [-0.2, -0.15) is 9.57 Å². The minimum absolute atomic E-state index is 0.0369. The van der Waals surface area contributed by atoms with E-state index in [2.05, 4.69) is 10.3 Å². The van der Waals surface area contributed by atoms with Crippen LogP contribution in [0.2, 0.25) is 0 Å². The first kappa shape index (κ1) is 20.6. The number of ether oxygens (including phenoxy) is 1. The predicted molar refractivity (Wildman–Crippen MR) is 98.8 cm³/mol. The maximum absolute atomic E-state index is 12.7. The number of benzene rings is 1. The number of hydrogen-bond donors (Lipinski definition) is 2. The molecule has 0 aliphatic rings. The number of rotatable bonds is 8. The Kier molecular flexibility index (Phi) is 6.68. The van der Waals surface area contributed by atoms with Gasteiger partial charge in [-0.15, -0.1) is 0 Å². The Bertz CT molecular complexity index is 1040. The Hall–Kier alpha value is -2.74. The molecule has 0 aliphatic heterocycles. The molecule has 1 amide bonds. The molecular weight excluding hydrogens is 372 g/mol. The fraction of sp³-hybridized carbons (Fsp3) is 0.353. The Labute approximate surface area is 156 Å². The van der Waals surface area contributed by atoms with Crippen LogP contribution in [-0.4, -0.2) is 57.5 Å². The molecule has 0 saturated carbocycles. The number of methoxy groups -OCH3 is 1. The molecular formula is C17H20N4O5S. The number of nitriles is 1. The predicted octanol–water partition coefficient (Wildman–Crippen LogP) is 0.438. The molecule has 1 aromatic heterocycles. The number of aromatic amines is 1. The summed E-state index contributed by atoms with van der Waals surface area (Å²) < 4.78 is 31.1. The van der Waals surface area contributed by atoms with Gasteiger partial charge in [0.25, 0.3) is 5.91 Å². The van der Waals surface area contributed by atoms with E-state index in [-0.39, 0.29) is 35.4 Å². The van der Waals surface area contributed by atoms with Gasteiger partial charge in [0.1, 0.15) is 5.56 Å². The second-order valence-corrected chi connectivity index (χ2v) is 7.77. The number of H-pyrrole nitrogens is 1. The molecule has 2 aromatic rings. The molecule has 0 unspecified atom stereocenters. The topological polar surface area (TPSA) is 132 Å². The summed E-state index contributed by atoms with van der Waals surface area (Å²) in [5, 5.41) is 11.3. The second kappa shape index (κ2) is 8.77. The van der Waals surface area contributed by atoms with Crippen molar-refractivity contribution in [3.63, 3.8) is 0 Å². The smallest absolute Gasteiger partial charge is 0.256 e. The highest BCUT2D eigenvalue weighted by atomic mass is 32.2. The summed E-state index contributed by atoms with van der Waals surface area (Å²) in [6, 6.07) is 5.96. The third kappa shape index (κ3) is 4.51. The average Bonchev–Trinajstić information content (AvgIpc) is 2.66. The van der Waals surface area contributed by atoms with Gasteiger partial charge in [-0.25, -0.2) is 8.42 Å². The first-order valence-electron chi connectivity index (χ1n) is 8.08. The van der Waals surface area contributed by atoms with Gasteiger partial charge in [0.2, 0.25) is 15.5 Å². The van der Waals surface area contributed by atoms with Crippen molar-refractivity contribution in [1.29, 1.82) is 5.26 Å². The second-order valence-electron chi connectivity index (χ2n) is 5.72. The maximum Gasteiger partial charge on any atom is 0.256 e. The minimum atomic E-state index is -3.86. The highest BCUT2D eigenvalue weighted by molar-refractivity contribution is 7.89. The number of sulfonamides is 1. The van der Waals surface area contributed by atoms with Gasteiger partial charge in [-0.3, -0.25) is 9.59 Å². The molecule has 0 bridgehead atoms. The van der Waals surface area contributed by atoms with E-state index in [4.69, 9.17) is 10.00 Å². The SMILES string of the molecule is COCCNC(=O)c1c[nH]c2ccc(S(=O)(=O)N(C)CCC#N)cc2c1=O. The summed E-state index contributed by atoms with van der Waals surface area (Å²) in [5.41, 5.74) is -0.284. The average molecular weight is 392 g/mol. The summed E-state index contributed by atoms with van der Waals surface area (Å²) in [4.78, 5) is 27.6. The fourth-order valence-corrected chi connectivity index (χ4v) is 3.59. The lowest BCUT2D eigenvalue weighted by atomic mass is 10.1. The largest absolute Gasteiger partial charge is 0.383 e. The Morgan fingerprint density at radius 3 is 2.81 bits per heavy atom. The molecule has 1 aromatic carbocycles. The van der Waals surface area contributed by atoms with Crippen LogP contribution in [0.3, 0.4) is 0 Å². The van der Waals surface area contributed by atoms with Crippen molar-refractivity contribution in [3.8, 4) is 6.07 Å². The van der Waals surface area contributed by atoms with Crippen molar-refractivity contribution < 1.29 is 17.9 Å². The zero-order chi connectivity index (χ0) is 20.0. The van der Waals surface area contributed by atoms with Crippen LogP contribution in [0.4, 0.5) is 0 Å². The van der Waals surface area contributed by atoms with Crippen LogP contribution in [0.25, 0.3) is 10.9 Å². The summed E-state index contributed by atoms with van der Waals surface area (Å²) >= 11 is 0. The van der Waals surface area contributed by atoms with Crippen molar-refractivity contribution in [2.75, 3.05) is 33.9 Å². The van der Waals surface area contributed by atoms with Gasteiger partial charge in [0, 0.05) is 50.8 Å². The lowest BCUT2D eigenvalue weighted by Crippen LogP contribution is -2.31. The number of nitrogens with zero attached hydrogens (tertiary/aromatic N) is 2. The number of amides is 1. The highest BCUT2D eigenvalue weighted by Crippen LogP contribution is 2.19. The molecule has 2 N–H and O–H groups in total. The number of nitrogens with one attached hydrogen (secondary N) is 2. The van der Waals surface area contributed by atoms with Crippen LogP contribution < -0.4 is 10.7 Å². The number of carbonyl (C=O) groups excluding carboxylic acids is 1. The van der Waals surface area contributed by atoms with Crippen molar-refractivity contribution in [2.24, 2.45) is 0 Å². The van der Waals surface area contributed by atoms with Gasteiger partial charge < -0.3 is 15.0 Å². The summed E-state index contributed by atoms with van der Waals surface area (Å²) in [6.07, 6.45) is 1.34. The summed E-state index contributed by atoms with van der Waals surface area (Å²) in [5.74, 6) is -0.574. The Morgan fingerprint density at radius 1 is 1.41 bits per heavy atom. The maximum atomic E-state index is 12.7. The minimum Gasteiger partial charge on any atom is -0.383 e. The third-order valence-corrected chi connectivity index (χ3v) is 5.79. The van der Waals surface area contributed by atoms with Crippen LogP contribution in [0.15, 0.2) is 34.1 Å². The number of aromatic nitrogens is 1. The lowest BCUT2D eigenvalue weighted by molar-refractivity contribution is 0.0936. The van der Waals surface area contributed by atoms with E-state index >= 15 is 0 Å². The van der Waals surface area contributed by atoms with Crippen LogP contribution in [0, 0.1) is 11.3 Å². The monoisotopic (exact) mass is 392 g/mol. The van der Waals surface area contributed by atoms with Crippen molar-refractivity contribution >= 4 is 26.8 Å². The van der Waals surface area contributed by atoms with Gasteiger partial charge in [0.05, 0.1) is 17.6 Å². The molecule has 0 aliphatic carbocycles. The fourth-order valence-electron chi connectivity index (χ4n) is 2.40. The van der Waals surface area contributed by atoms with E-state index in [1.165, 1.54) is 38.6 Å². The van der Waals surface area contributed by atoms with Crippen LogP contribution >= 0.6 is 0 Å². The lowest BCUT2D eigenvalue weighted by Gasteiger charge is -2.16. The van der Waals surface area contributed by atoms with E-state index in [0.717, 1.165) is 4.31 Å². The highest BCUT2D eigenvalue weighted by Gasteiger charge is 2.22. The molecule has 0 atom stereocenters. The molecule has 1 heterocycles. The number of pyridine rings is 1. The van der Waals surface area contributed by atoms with E-state index in [0.29, 0.717) is 12.1 Å². The van der Waals surface area contributed by atoms with Gasteiger partial charge in [-0.1, -0.05) is 0 Å². The number of carbonyl (C=O) groups is 1. The van der Waals surface area contributed by atoms with E-state index in [9.17, 15) is 18.0 Å². The summed E-state index contributed by atoms with van der Waals surface area (Å²) in [6.45, 7) is 0.578. The first-order chi connectivity index (χ1) is 12.8. The first-order valence-corrected chi connectivity index (χ1v) is 9.52. The van der Waals surface area contributed by atoms with E-state index in [1.54, 1.807) is 0 Å². The number of fused-ring (bicyclic) bond motifs is 1.